The van der Waals surface area contributed by atoms with Crippen LogP contribution in [0.4, 0.5) is 5.95 Å². The van der Waals surface area contributed by atoms with E-state index >= 15 is 0 Å². The van der Waals surface area contributed by atoms with Gasteiger partial charge < -0.3 is 24.9 Å². The Morgan fingerprint density at radius 1 is 1.24 bits per heavy atom. The molecule has 33 heavy (non-hydrogen) atoms. The van der Waals surface area contributed by atoms with Crippen molar-refractivity contribution >= 4 is 17.7 Å². The molecule has 0 aliphatic heterocycles. The Balaban J connectivity index is 1.54. The van der Waals surface area contributed by atoms with Gasteiger partial charge in [-0.05, 0) is 36.6 Å². The minimum absolute atomic E-state index is 0.225. The molecule has 4 N–H and O–H groups in total. The van der Waals surface area contributed by atoms with E-state index in [1.807, 2.05) is 18.2 Å². The number of ether oxygens (including phenoxy) is 2. The van der Waals surface area contributed by atoms with E-state index in [0.717, 1.165) is 18.4 Å². The number of methoxy groups -OCH3 is 2. The maximum atomic E-state index is 11.5. The largest absolute Gasteiger partial charge is 0.493 e. The second-order valence-electron chi connectivity index (χ2n) is 7.57. The van der Waals surface area contributed by atoms with E-state index in [-0.39, 0.29) is 17.6 Å². The van der Waals surface area contributed by atoms with Crippen LogP contribution in [0.25, 0.3) is 11.7 Å². The smallest absolute Gasteiger partial charge is 0.326 e. The molecule has 0 spiro atoms. The maximum Gasteiger partial charge on any atom is 0.326 e. The summed E-state index contributed by atoms with van der Waals surface area (Å²) in [6.45, 7) is 0.443. The lowest BCUT2D eigenvalue weighted by Gasteiger charge is -2.10. The Hall–Kier alpha value is -4.35. The number of anilines is 1. The van der Waals surface area contributed by atoms with E-state index in [1.54, 1.807) is 31.0 Å². The summed E-state index contributed by atoms with van der Waals surface area (Å²) in [4.78, 5) is 30.1. The quantitative estimate of drug-likeness (QED) is 0.309. The molecule has 0 amide bonds. The van der Waals surface area contributed by atoms with Crippen LogP contribution in [0.3, 0.4) is 0 Å². The van der Waals surface area contributed by atoms with Gasteiger partial charge >= 0.3 is 5.69 Å². The molecule has 0 saturated heterocycles. The van der Waals surface area contributed by atoms with Gasteiger partial charge in [0.1, 0.15) is 5.69 Å². The van der Waals surface area contributed by atoms with E-state index in [0.29, 0.717) is 40.5 Å². The minimum Gasteiger partial charge on any atom is -0.493 e. The molecule has 3 aromatic heterocycles. The zero-order chi connectivity index (χ0) is 22.9. The summed E-state index contributed by atoms with van der Waals surface area (Å²) >= 11 is 0. The van der Waals surface area contributed by atoms with Crippen LogP contribution < -0.4 is 31.3 Å². The molecular weight excluding hydrogens is 428 g/mol. The molecule has 1 aliphatic carbocycles. The first-order valence-electron chi connectivity index (χ1n) is 10.3. The molecule has 1 aliphatic rings. The molecule has 3 heterocycles. The van der Waals surface area contributed by atoms with Gasteiger partial charge in [-0.25, -0.2) is 9.79 Å². The topological polar surface area (TPSA) is 155 Å². The predicted octanol–water partition coefficient (Wildman–Crippen LogP) is 0.0864. The number of nitrogens with zero attached hydrogens (tertiary/aromatic N) is 5. The average Bonchev–Trinajstić information content (AvgIpc) is 3.45. The summed E-state index contributed by atoms with van der Waals surface area (Å²) in [5.74, 6) is 1.39. The number of aromatic hydroxyl groups is 1. The molecular formula is C21H22N8O4. The van der Waals surface area contributed by atoms with Crippen molar-refractivity contribution in [2.45, 2.75) is 25.4 Å². The van der Waals surface area contributed by atoms with E-state index < -0.39 is 5.69 Å². The molecule has 1 fully saturated rings. The Labute approximate surface area is 186 Å². The summed E-state index contributed by atoms with van der Waals surface area (Å²) in [5, 5.41) is 18.1. The Morgan fingerprint density at radius 2 is 2.06 bits per heavy atom. The van der Waals surface area contributed by atoms with E-state index in [4.69, 9.17) is 9.47 Å². The molecule has 170 valence electrons. The monoisotopic (exact) mass is 450 g/mol. The lowest BCUT2D eigenvalue weighted by atomic mass is 10.2. The highest BCUT2D eigenvalue weighted by atomic mass is 16.5. The number of hydrogen-bond donors (Lipinski definition) is 4. The maximum absolute atomic E-state index is 11.5. The van der Waals surface area contributed by atoms with Gasteiger partial charge in [-0.1, -0.05) is 6.07 Å². The van der Waals surface area contributed by atoms with Crippen molar-refractivity contribution < 1.29 is 14.6 Å². The zero-order valence-corrected chi connectivity index (χ0v) is 18.0. The van der Waals surface area contributed by atoms with Gasteiger partial charge in [-0.3, -0.25) is 4.98 Å². The van der Waals surface area contributed by atoms with Gasteiger partial charge in [-0.2, -0.15) is 19.6 Å². The van der Waals surface area contributed by atoms with Crippen LogP contribution >= 0.6 is 0 Å². The molecule has 12 nitrogen and oxygen atoms in total. The third-order valence-corrected chi connectivity index (χ3v) is 5.16. The number of rotatable bonds is 7. The second-order valence-corrected chi connectivity index (χ2v) is 7.57. The number of H-pyrrole nitrogens is 2. The lowest BCUT2D eigenvalue weighted by molar-refractivity contribution is 0.354. The van der Waals surface area contributed by atoms with E-state index in [2.05, 4.69) is 35.3 Å². The van der Waals surface area contributed by atoms with Crippen molar-refractivity contribution in [2.24, 2.45) is 4.99 Å². The average molecular weight is 450 g/mol. The van der Waals surface area contributed by atoms with Crippen molar-refractivity contribution in [3.05, 3.63) is 57.0 Å². The summed E-state index contributed by atoms with van der Waals surface area (Å²) in [6, 6.07) is 5.86. The molecule has 12 heteroatoms. The Morgan fingerprint density at radius 3 is 2.76 bits per heavy atom. The number of benzene rings is 1. The van der Waals surface area contributed by atoms with Crippen LogP contribution in [0.5, 0.6) is 17.4 Å². The highest BCUT2D eigenvalue weighted by molar-refractivity contribution is 5.57. The fraction of sp³-hybridized carbons (Fsp3) is 0.286. The molecule has 4 aromatic rings. The molecule has 0 atom stereocenters. The first-order chi connectivity index (χ1) is 16.0. The summed E-state index contributed by atoms with van der Waals surface area (Å²) < 4.78 is 12.2. The van der Waals surface area contributed by atoms with Crippen molar-refractivity contribution in [3.8, 4) is 17.4 Å². The van der Waals surface area contributed by atoms with Crippen LogP contribution in [-0.2, 0) is 6.54 Å². The van der Waals surface area contributed by atoms with Gasteiger partial charge in [-0.15, -0.1) is 0 Å². The summed E-state index contributed by atoms with van der Waals surface area (Å²) in [6.07, 6.45) is 5.19. The molecule has 0 bridgehead atoms. The van der Waals surface area contributed by atoms with Crippen molar-refractivity contribution in [1.29, 1.82) is 0 Å². The van der Waals surface area contributed by atoms with Crippen LogP contribution in [-0.4, -0.2) is 54.9 Å². The highest BCUT2D eigenvalue weighted by Gasteiger charge is 2.21. The Kier molecular flexibility index (Phi) is 5.17. The summed E-state index contributed by atoms with van der Waals surface area (Å²) in [7, 11) is 3.18. The number of imidazole rings is 1. The number of nitrogens with one attached hydrogen (secondary N) is 3. The Bertz CT molecular complexity index is 1500. The summed E-state index contributed by atoms with van der Waals surface area (Å²) in [5.41, 5.74) is 1.59. The van der Waals surface area contributed by atoms with E-state index in [1.165, 1.54) is 0 Å². The fourth-order valence-electron chi connectivity index (χ4n) is 3.33. The van der Waals surface area contributed by atoms with Gasteiger partial charge in [0.2, 0.25) is 11.8 Å². The molecule has 0 unspecified atom stereocenters. The molecule has 0 radical (unpaired) electrons. The minimum atomic E-state index is -0.508. The lowest BCUT2D eigenvalue weighted by Crippen LogP contribution is -2.24. The van der Waals surface area contributed by atoms with Crippen LogP contribution in [0.15, 0.2) is 34.2 Å². The first kappa shape index (κ1) is 20.5. The number of fused-ring (bicyclic) bond motifs is 1. The van der Waals surface area contributed by atoms with Gasteiger partial charge in [0.15, 0.2) is 17.1 Å². The third-order valence-electron chi connectivity index (χ3n) is 5.16. The fourth-order valence-corrected chi connectivity index (χ4v) is 3.33. The van der Waals surface area contributed by atoms with Gasteiger partial charge in [0.25, 0.3) is 5.62 Å². The number of aromatic nitrogens is 6. The second kappa shape index (κ2) is 8.30. The predicted molar refractivity (Wildman–Crippen MR) is 118 cm³/mol. The van der Waals surface area contributed by atoms with Gasteiger partial charge in [0, 0.05) is 11.8 Å². The van der Waals surface area contributed by atoms with Crippen molar-refractivity contribution in [2.75, 3.05) is 19.5 Å². The first-order valence-corrected chi connectivity index (χ1v) is 10.3. The number of hydrogen-bond acceptors (Lipinski definition) is 9. The van der Waals surface area contributed by atoms with Crippen LogP contribution in [0.2, 0.25) is 0 Å². The SMILES string of the molecule is COc1ccc(CNc2nc(=NC3CC3)n3ncc(=Cc4[nH]c(=O)[nH]c4O)c3n2)cc1OC. The molecule has 1 aromatic carbocycles. The molecule has 1 saturated carbocycles. The third kappa shape index (κ3) is 4.22. The zero-order valence-electron chi connectivity index (χ0n) is 18.0. The molecule has 5 rings (SSSR count). The number of aromatic amines is 2. The normalized spacial score (nSPS) is 14.7. The highest BCUT2D eigenvalue weighted by Crippen LogP contribution is 2.27. The van der Waals surface area contributed by atoms with Crippen LogP contribution in [0.1, 0.15) is 24.1 Å². The van der Waals surface area contributed by atoms with E-state index in [9.17, 15) is 9.90 Å². The van der Waals surface area contributed by atoms with Crippen molar-refractivity contribution in [3.63, 3.8) is 0 Å². The standard InChI is InChI=1S/C21H22N8O4/c1-32-15-6-3-11(7-16(15)33-2)9-22-19-26-17-12(8-14-18(30)27-21(31)25-14)10-23-29(17)20(28-19)24-13-4-5-13/h3,6-8,10,13,30H,4-5,9H2,1-2H3,(H,22,24,28)(H2,25,27,31). The van der Waals surface area contributed by atoms with Crippen LogP contribution in [0, 0.1) is 0 Å². The van der Waals surface area contributed by atoms with Crippen molar-refractivity contribution in [1.82, 2.24) is 29.5 Å². The van der Waals surface area contributed by atoms with Gasteiger partial charge in [0.05, 0.1) is 26.5 Å².